The molecule has 0 radical (unpaired) electrons. The molecule has 1 aromatic rings. The molecule has 1 aromatic carbocycles. The van der Waals surface area contributed by atoms with Crippen molar-refractivity contribution in [1.82, 2.24) is 4.90 Å². The van der Waals surface area contributed by atoms with E-state index in [2.05, 4.69) is 11.8 Å². The standard InChI is InChI=1S/C14H11FN4O/c15-13-10-12(4-3-11(13)2-1-5-16)14(20)19(8-6-17)9-7-18/h3-4,10H,5,8-9,16H2. The second-order valence-electron chi connectivity index (χ2n) is 3.68. The normalized spacial score (nSPS) is 8.80. The van der Waals surface area contributed by atoms with Crippen LogP contribution in [0.4, 0.5) is 4.39 Å². The van der Waals surface area contributed by atoms with E-state index < -0.39 is 11.7 Å². The molecule has 100 valence electrons. The summed E-state index contributed by atoms with van der Waals surface area (Å²) in [5.41, 5.74) is 5.39. The SMILES string of the molecule is N#CCN(CC#N)C(=O)c1ccc(C#CCN)c(F)c1. The van der Waals surface area contributed by atoms with Crippen molar-refractivity contribution in [2.24, 2.45) is 5.73 Å². The number of benzene rings is 1. The molecule has 0 aliphatic heterocycles. The molecule has 0 unspecified atom stereocenters. The summed E-state index contributed by atoms with van der Waals surface area (Å²) < 4.78 is 13.7. The smallest absolute Gasteiger partial charge is 0.255 e. The Balaban J connectivity index is 3.03. The summed E-state index contributed by atoms with van der Waals surface area (Å²) >= 11 is 0. The van der Waals surface area contributed by atoms with Gasteiger partial charge in [0.05, 0.1) is 24.2 Å². The van der Waals surface area contributed by atoms with Gasteiger partial charge >= 0.3 is 0 Å². The van der Waals surface area contributed by atoms with E-state index in [1.54, 1.807) is 12.1 Å². The van der Waals surface area contributed by atoms with Gasteiger partial charge in [0.25, 0.3) is 5.91 Å². The number of nitrogens with zero attached hydrogens (tertiary/aromatic N) is 3. The lowest BCUT2D eigenvalue weighted by atomic mass is 10.1. The second-order valence-corrected chi connectivity index (χ2v) is 3.68. The molecule has 0 aliphatic carbocycles. The van der Waals surface area contributed by atoms with Crippen LogP contribution in [0, 0.1) is 40.3 Å². The van der Waals surface area contributed by atoms with Crippen LogP contribution in [0.15, 0.2) is 18.2 Å². The average molecular weight is 270 g/mol. The van der Waals surface area contributed by atoms with E-state index in [1.807, 2.05) is 0 Å². The van der Waals surface area contributed by atoms with Crippen LogP contribution in [0.3, 0.4) is 0 Å². The molecule has 0 heterocycles. The van der Waals surface area contributed by atoms with Crippen molar-refractivity contribution in [3.63, 3.8) is 0 Å². The summed E-state index contributed by atoms with van der Waals surface area (Å²) in [6.45, 7) is -0.357. The number of amides is 1. The molecule has 1 amide bonds. The fourth-order valence-corrected chi connectivity index (χ4v) is 1.45. The molecule has 0 aliphatic rings. The minimum absolute atomic E-state index is 0.0614. The van der Waals surface area contributed by atoms with Gasteiger partial charge in [-0.15, -0.1) is 0 Å². The van der Waals surface area contributed by atoms with Crippen molar-refractivity contribution in [2.45, 2.75) is 0 Å². The van der Waals surface area contributed by atoms with Gasteiger partial charge in [0.2, 0.25) is 0 Å². The van der Waals surface area contributed by atoms with Crippen LogP contribution >= 0.6 is 0 Å². The third-order valence-electron chi connectivity index (χ3n) is 2.35. The first-order chi connectivity index (χ1) is 9.63. The first kappa shape index (κ1) is 15.2. The number of carbonyl (C=O) groups is 1. The van der Waals surface area contributed by atoms with Crippen molar-refractivity contribution in [3.05, 3.63) is 35.1 Å². The largest absolute Gasteiger partial charge is 0.320 e. The van der Waals surface area contributed by atoms with Crippen LogP contribution in [-0.2, 0) is 0 Å². The van der Waals surface area contributed by atoms with Crippen molar-refractivity contribution in [3.8, 4) is 24.0 Å². The fraction of sp³-hybridized carbons (Fsp3) is 0.214. The average Bonchev–Trinajstić information content (AvgIpc) is 2.45. The van der Waals surface area contributed by atoms with E-state index in [4.69, 9.17) is 16.3 Å². The molecule has 5 nitrogen and oxygen atoms in total. The van der Waals surface area contributed by atoms with Crippen LogP contribution in [0.1, 0.15) is 15.9 Å². The Labute approximate surface area is 116 Å². The zero-order valence-electron chi connectivity index (χ0n) is 10.6. The highest BCUT2D eigenvalue weighted by molar-refractivity contribution is 5.94. The second kappa shape index (κ2) is 7.53. The molecule has 0 atom stereocenters. The Morgan fingerprint density at radius 2 is 1.95 bits per heavy atom. The van der Waals surface area contributed by atoms with Crippen molar-refractivity contribution in [2.75, 3.05) is 19.6 Å². The Hall–Kier alpha value is -2.88. The molecule has 0 bridgehead atoms. The van der Waals surface area contributed by atoms with Crippen molar-refractivity contribution < 1.29 is 9.18 Å². The Morgan fingerprint density at radius 3 is 2.45 bits per heavy atom. The molecule has 0 saturated carbocycles. The van der Waals surface area contributed by atoms with Crippen LogP contribution in [-0.4, -0.2) is 30.4 Å². The predicted molar refractivity (Wildman–Crippen MR) is 69.5 cm³/mol. The summed E-state index contributed by atoms with van der Waals surface area (Å²) in [6, 6.07) is 7.35. The highest BCUT2D eigenvalue weighted by Crippen LogP contribution is 2.11. The lowest BCUT2D eigenvalue weighted by Crippen LogP contribution is -2.31. The number of hydrogen-bond acceptors (Lipinski definition) is 4. The van der Waals surface area contributed by atoms with Crippen LogP contribution in [0.5, 0.6) is 0 Å². The van der Waals surface area contributed by atoms with E-state index in [-0.39, 0.29) is 30.8 Å². The maximum absolute atomic E-state index is 13.7. The summed E-state index contributed by atoms with van der Waals surface area (Å²) in [7, 11) is 0. The van der Waals surface area contributed by atoms with Gasteiger partial charge in [-0.2, -0.15) is 10.5 Å². The molecule has 20 heavy (non-hydrogen) atoms. The molecule has 0 spiro atoms. The minimum atomic E-state index is -0.648. The first-order valence-electron chi connectivity index (χ1n) is 5.65. The highest BCUT2D eigenvalue weighted by atomic mass is 19.1. The maximum Gasteiger partial charge on any atom is 0.255 e. The summed E-state index contributed by atoms with van der Waals surface area (Å²) in [4.78, 5) is 13.0. The van der Waals surface area contributed by atoms with Crippen LogP contribution in [0.25, 0.3) is 0 Å². The van der Waals surface area contributed by atoms with Crippen molar-refractivity contribution in [1.29, 1.82) is 10.5 Å². The molecule has 1 rings (SSSR count). The monoisotopic (exact) mass is 270 g/mol. The molecular weight excluding hydrogens is 259 g/mol. The van der Waals surface area contributed by atoms with Crippen LogP contribution in [0.2, 0.25) is 0 Å². The van der Waals surface area contributed by atoms with Gasteiger partial charge in [-0.1, -0.05) is 11.8 Å². The van der Waals surface area contributed by atoms with Gasteiger partial charge in [0.15, 0.2) is 0 Å². The molecule has 6 heteroatoms. The van der Waals surface area contributed by atoms with Gasteiger partial charge < -0.3 is 10.6 Å². The Kier molecular flexibility index (Phi) is 5.72. The molecule has 0 saturated heterocycles. The van der Waals surface area contributed by atoms with Gasteiger partial charge in [-0.25, -0.2) is 4.39 Å². The third kappa shape index (κ3) is 3.81. The van der Waals surface area contributed by atoms with E-state index in [9.17, 15) is 9.18 Å². The van der Waals surface area contributed by atoms with E-state index in [0.29, 0.717) is 0 Å². The zero-order valence-corrected chi connectivity index (χ0v) is 10.6. The molecule has 2 N–H and O–H groups in total. The van der Waals surface area contributed by atoms with Gasteiger partial charge in [-0.05, 0) is 18.2 Å². The van der Waals surface area contributed by atoms with E-state index in [1.165, 1.54) is 12.1 Å². The molecule has 0 aromatic heterocycles. The number of halogens is 1. The third-order valence-corrected chi connectivity index (χ3v) is 2.35. The number of nitrogens with two attached hydrogens (primary N) is 1. The van der Waals surface area contributed by atoms with Gasteiger partial charge in [0.1, 0.15) is 18.9 Å². The van der Waals surface area contributed by atoms with Gasteiger partial charge in [0, 0.05) is 5.56 Å². The number of rotatable bonds is 3. The Bertz CT molecular complexity index is 630. The zero-order chi connectivity index (χ0) is 15.0. The van der Waals surface area contributed by atoms with Crippen molar-refractivity contribution >= 4 is 5.91 Å². The number of nitriles is 2. The predicted octanol–water partition coefficient (Wildman–Crippen LogP) is 0.625. The highest BCUT2D eigenvalue weighted by Gasteiger charge is 2.16. The van der Waals surface area contributed by atoms with E-state index in [0.717, 1.165) is 11.0 Å². The molecule has 0 fully saturated rings. The van der Waals surface area contributed by atoms with Gasteiger partial charge in [-0.3, -0.25) is 4.79 Å². The summed E-state index contributed by atoms with van der Waals surface area (Å²) in [5, 5.41) is 17.2. The quantitative estimate of drug-likeness (QED) is 0.643. The summed E-state index contributed by atoms with van der Waals surface area (Å²) in [5.74, 6) is 3.83. The lowest BCUT2D eigenvalue weighted by Gasteiger charge is -2.15. The minimum Gasteiger partial charge on any atom is -0.320 e. The Morgan fingerprint density at radius 1 is 1.30 bits per heavy atom. The number of carbonyl (C=O) groups excluding carboxylic acids is 1. The lowest BCUT2D eigenvalue weighted by molar-refractivity contribution is 0.0794. The summed E-state index contributed by atoms with van der Waals surface area (Å²) in [6.07, 6.45) is 0. The van der Waals surface area contributed by atoms with Crippen LogP contribution < -0.4 is 5.73 Å². The topological polar surface area (TPSA) is 93.9 Å². The fourth-order valence-electron chi connectivity index (χ4n) is 1.45. The van der Waals surface area contributed by atoms with E-state index >= 15 is 0 Å². The maximum atomic E-state index is 13.7. The number of hydrogen-bond donors (Lipinski definition) is 1. The molecular formula is C14H11FN4O. The first-order valence-corrected chi connectivity index (χ1v) is 5.65.